The van der Waals surface area contributed by atoms with Crippen LogP contribution < -0.4 is 4.74 Å². The molecule has 11 heteroatoms. The maximum absolute atomic E-state index is 15.3. The fourth-order valence-electron chi connectivity index (χ4n) is 6.19. The zero-order chi connectivity index (χ0) is 29.7. The first-order valence-corrected chi connectivity index (χ1v) is 15.1. The number of pyridine rings is 1. The summed E-state index contributed by atoms with van der Waals surface area (Å²) in [5, 5.41) is 10.4. The minimum absolute atomic E-state index is 0.0839. The number of para-hydroxylation sites is 1. The number of fused-ring (bicyclic) bond motifs is 2. The molecule has 2 aromatic heterocycles. The number of benzene rings is 2. The Hall–Kier alpha value is -3.50. The maximum Gasteiger partial charge on any atom is 0.337 e. The van der Waals surface area contributed by atoms with Gasteiger partial charge in [0.25, 0.3) is 0 Å². The van der Waals surface area contributed by atoms with Crippen molar-refractivity contribution in [1.82, 2.24) is 19.4 Å². The predicted octanol–water partition coefficient (Wildman–Crippen LogP) is 7.05. The van der Waals surface area contributed by atoms with Crippen molar-refractivity contribution in [1.29, 1.82) is 0 Å². The third-order valence-electron chi connectivity index (χ3n) is 8.62. The van der Waals surface area contributed by atoms with Crippen LogP contribution in [0.1, 0.15) is 64.2 Å². The van der Waals surface area contributed by atoms with Crippen LogP contribution in [0, 0.1) is 0 Å². The second-order valence-corrected chi connectivity index (χ2v) is 12.1. The Morgan fingerprint density at radius 2 is 1.91 bits per heavy atom. The second-order valence-electron chi connectivity index (χ2n) is 11.3. The van der Waals surface area contributed by atoms with E-state index in [4.69, 9.17) is 37.7 Å². The fraction of sp³-hybridized carbons (Fsp3) is 0.344. The van der Waals surface area contributed by atoms with Gasteiger partial charge < -0.3 is 19.1 Å². The SMILES string of the molecule is O=C(O)c1cnc2nc(CN3CCC(c4cccc5c4OC(c4ccc(Cl)cc4Cl)C=C5F)CC3)n(C[C@@H]3CCO3)c2c1. The fourth-order valence-corrected chi connectivity index (χ4v) is 6.71. The first-order chi connectivity index (χ1) is 20.8. The van der Waals surface area contributed by atoms with Crippen molar-refractivity contribution in [3.63, 3.8) is 0 Å². The molecule has 222 valence electrons. The molecule has 1 unspecified atom stereocenters. The van der Waals surface area contributed by atoms with Crippen molar-refractivity contribution in [3.05, 3.63) is 92.9 Å². The number of carbonyl (C=O) groups is 1. The van der Waals surface area contributed by atoms with Crippen LogP contribution in [-0.4, -0.2) is 56.3 Å². The van der Waals surface area contributed by atoms with Gasteiger partial charge in [0.1, 0.15) is 23.5 Å². The molecule has 5 heterocycles. The Balaban J connectivity index is 1.10. The van der Waals surface area contributed by atoms with E-state index in [1.165, 1.54) is 12.3 Å². The largest absolute Gasteiger partial charge is 0.480 e. The van der Waals surface area contributed by atoms with Crippen molar-refractivity contribution in [2.45, 2.75) is 50.5 Å². The molecule has 2 atom stereocenters. The Labute approximate surface area is 257 Å². The smallest absolute Gasteiger partial charge is 0.337 e. The number of carboxylic acid groups (broad SMARTS) is 1. The summed E-state index contributed by atoms with van der Waals surface area (Å²) in [6.07, 6.45) is 4.93. The third kappa shape index (κ3) is 5.51. The number of hydrogen-bond donors (Lipinski definition) is 1. The average molecular weight is 624 g/mol. The number of piperidine rings is 1. The topological polar surface area (TPSA) is 89.7 Å². The molecule has 0 spiro atoms. The average Bonchev–Trinajstić information content (AvgIpc) is 3.31. The number of likely N-dealkylation sites (tertiary alicyclic amines) is 1. The molecule has 0 radical (unpaired) electrons. The molecule has 4 aromatic rings. The summed E-state index contributed by atoms with van der Waals surface area (Å²) < 4.78 is 29.5. The van der Waals surface area contributed by atoms with Crippen LogP contribution >= 0.6 is 23.2 Å². The first kappa shape index (κ1) is 28.3. The van der Waals surface area contributed by atoms with Gasteiger partial charge in [-0.05, 0) is 74.2 Å². The highest BCUT2D eigenvalue weighted by Gasteiger charge is 2.31. The van der Waals surface area contributed by atoms with Crippen molar-refractivity contribution in [2.24, 2.45) is 0 Å². The molecule has 3 aliphatic heterocycles. The lowest BCUT2D eigenvalue weighted by Crippen LogP contribution is -2.35. The van der Waals surface area contributed by atoms with E-state index in [0.717, 1.165) is 50.3 Å². The van der Waals surface area contributed by atoms with E-state index in [-0.39, 0.29) is 23.4 Å². The molecule has 8 nitrogen and oxygen atoms in total. The zero-order valence-electron chi connectivity index (χ0n) is 23.2. The van der Waals surface area contributed by atoms with Crippen LogP contribution in [-0.2, 0) is 17.8 Å². The molecule has 2 fully saturated rings. The highest BCUT2D eigenvalue weighted by atomic mass is 35.5. The second kappa shape index (κ2) is 11.5. The lowest BCUT2D eigenvalue weighted by Gasteiger charge is -2.34. The molecule has 0 aliphatic carbocycles. The van der Waals surface area contributed by atoms with Crippen LogP contribution in [0.5, 0.6) is 5.75 Å². The lowest BCUT2D eigenvalue weighted by atomic mass is 9.86. The van der Waals surface area contributed by atoms with E-state index >= 15 is 4.39 Å². The predicted molar refractivity (Wildman–Crippen MR) is 161 cm³/mol. The molecule has 43 heavy (non-hydrogen) atoms. The lowest BCUT2D eigenvalue weighted by molar-refractivity contribution is -0.0592. The van der Waals surface area contributed by atoms with E-state index in [1.807, 2.05) is 12.1 Å². The third-order valence-corrected chi connectivity index (χ3v) is 9.18. The van der Waals surface area contributed by atoms with Gasteiger partial charge in [-0.1, -0.05) is 41.4 Å². The zero-order valence-corrected chi connectivity index (χ0v) is 24.7. The standard InChI is InChI=1S/C32H29Cl2FN4O4/c33-20-4-5-23(25(34)13-20)28-14-26(35)24-3-1-2-22(30(24)43-28)18-6-9-38(10-7-18)17-29-37-31-27(12-19(15-36-31)32(40)41)39(29)16-21-8-11-42-21/h1-5,12-15,18,21,28H,6-11,16-17H2,(H,40,41)/t21-,28?/m0/s1. The van der Waals surface area contributed by atoms with Crippen LogP contribution in [0.15, 0.2) is 54.7 Å². The number of rotatable bonds is 7. The van der Waals surface area contributed by atoms with E-state index in [2.05, 4.69) is 14.5 Å². The number of halogens is 3. The number of imidazole rings is 1. The molecule has 0 saturated carbocycles. The Morgan fingerprint density at radius 3 is 2.63 bits per heavy atom. The molecule has 0 amide bonds. The summed E-state index contributed by atoms with van der Waals surface area (Å²) in [5.74, 6) is 0.260. The van der Waals surface area contributed by atoms with Crippen molar-refractivity contribution >= 4 is 46.2 Å². The summed E-state index contributed by atoms with van der Waals surface area (Å²) in [6.45, 7) is 3.58. The number of nitrogens with zero attached hydrogens (tertiary/aromatic N) is 4. The number of carboxylic acids is 1. The van der Waals surface area contributed by atoms with Gasteiger partial charge in [0.15, 0.2) is 5.65 Å². The van der Waals surface area contributed by atoms with E-state index < -0.39 is 12.1 Å². The Bertz CT molecular complexity index is 1750. The number of hydrogen-bond acceptors (Lipinski definition) is 6. The van der Waals surface area contributed by atoms with Gasteiger partial charge in [-0.2, -0.15) is 0 Å². The van der Waals surface area contributed by atoms with E-state index in [0.29, 0.717) is 51.2 Å². The molecule has 7 rings (SSSR count). The summed E-state index contributed by atoms with van der Waals surface area (Å²) in [6, 6.07) is 12.4. The minimum atomic E-state index is -1.02. The summed E-state index contributed by atoms with van der Waals surface area (Å²) in [7, 11) is 0. The highest BCUT2D eigenvalue weighted by molar-refractivity contribution is 6.35. The van der Waals surface area contributed by atoms with Gasteiger partial charge >= 0.3 is 5.97 Å². The van der Waals surface area contributed by atoms with Gasteiger partial charge in [0.2, 0.25) is 0 Å². The number of aromatic nitrogens is 3. The van der Waals surface area contributed by atoms with Gasteiger partial charge in [0, 0.05) is 28.4 Å². The minimum Gasteiger partial charge on any atom is -0.480 e. The summed E-state index contributed by atoms with van der Waals surface area (Å²) in [5.41, 5.74) is 3.50. The van der Waals surface area contributed by atoms with E-state index in [9.17, 15) is 9.90 Å². The molecule has 3 aliphatic rings. The highest BCUT2D eigenvalue weighted by Crippen LogP contribution is 2.45. The summed E-state index contributed by atoms with van der Waals surface area (Å²) in [4.78, 5) is 23.1. The molecule has 2 aromatic carbocycles. The summed E-state index contributed by atoms with van der Waals surface area (Å²) >= 11 is 12.5. The Kier molecular flexibility index (Phi) is 7.59. The number of aromatic carboxylic acids is 1. The molecular weight excluding hydrogens is 594 g/mol. The van der Waals surface area contributed by atoms with Gasteiger partial charge in [-0.3, -0.25) is 4.90 Å². The van der Waals surface area contributed by atoms with Crippen molar-refractivity contribution in [3.8, 4) is 5.75 Å². The van der Waals surface area contributed by atoms with Crippen molar-refractivity contribution < 1.29 is 23.8 Å². The quantitative estimate of drug-likeness (QED) is 0.236. The van der Waals surface area contributed by atoms with Crippen molar-refractivity contribution in [2.75, 3.05) is 19.7 Å². The van der Waals surface area contributed by atoms with Crippen LogP contribution in [0.4, 0.5) is 4.39 Å². The van der Waals surface area contributed by atoms with Gasteiger partial charge in [-0.15, -0.1) is 0 Å². The maximum atomic E-state index is 15.3. The molecule has 0 bridgehead atoms. The van der Waals surface area contributed by atoms with Gasteiger partial charge in [-0.25, -0.2) is 19.2 Å². The normalized spacial score (nSPS) is 20.8. The monoisotopic (exact) mass is 622 g/mol. The van der Waals surface area contributed by atoms with Crippen LogP contribution in [0.25, 0.3) is 17.0 Å². The molecule has 2 saturated heterocycles. The molecule has 1 N–H and O–H groups in total. The van der Waals surface area contributed by atoms with Crippen LogP contribution in [0.2, 0.25) is 10.0 Å². The van der Waals surface area contributed by atoms with E-state index in [1.54, 1.807) is 30.3 Å². The molecular formula is C32H29Cl2FN4O4. The van der Waals surface area contributed by atoms with Crippen LogP contribution in [0.3, 0.4) is 0 Å². The van der Waals surface area contributed by atoms with Gasteiger partial charge in [0.05, 0.1) is 35.8 Å². The number of ether oxygens (including phenoxy) is 2. The Morgan fingerprint density at radius 1 is 1.09 bits per heavy atom. The first-order valence-electron chi connectivity index (χ1n) is 14.4.